The minimum atomic E-state index is -0.740. The first-order valence-corrected chi connectivity index (χ1v) is 5.52. The van der Waals surface area contributed by atoms with Crippen molar-refractivity contribution in [1.82, 2.24) is 9.88 Å². The molecule has 2 rings (SSSR count). The van der Waals surface area contributed by atoms with Gasteiger partial charge in [0.1, 0.15) is 11.9 Å². The molecule has 0 radical (unpaired) electrons. The van der Waals surface area contributed by atoms with E-state index in [1.165, 1.54) is 6.07 Å². The third kappa shape index (κ3) is 2.76. The number of rotatable bonds is 4. The summed E-state index contributed by atoms with van der Waals surface area (Å²) < 4.78 is 12.6. The molecule has 0 N–H and O–H groups in total. The van der Waals surface area contributed by atoms with E-state index in [-0.39, 0.29) is 5.69 Å². The molecule has 1 aromatic rings. The number of nitro groups is 1. The van der Waals surface area contributed by atoms with Crippen LogP contribution in [0.2, 0.25) is 0 Å². The molecular weight excluding hydrogens is 225 g/mol. The van der Waals surface area contributed by atoms with Crippen LogP contribution in [0.5, 0.6) is 0 Å². The fourth-order valence-corrected chi connectivity index (χ4v) is 1.89. The van der Waals surface area contributed by atoms with Crippen LogP contribution in [0.4, 0.5) is 10.1 Å². The average molecular weight is 239 g/mol. The predicted molar refractivity (Wildman–Crippen MR) is 60.7 cm³/mol. The molecule has 6 heteroatoms. The van der Waals surface area contributed by atoms with Crippen LogP contribution in [0.3, 0.4) is 0 Å². The van der Waals surface area contributed by atoms with Crippen molar-refractivity contribution in [3.8, 4) is 0 Å². The molecule has 1 aliphatic heterocycles. The minimum absolute atomic E-state index is 0.0577. The SMILES string of the molecule is Cc1cnc(CCN2CC(F)C2)c([N+](=O)[O-])c1. The molecule has 17 heavy (non-hydrogen) atoms. The lowest BCUT2D eigenvalue weighted by Crippen LogP contribution is -2.48. The molecule has 0 atom stereocenters. The van der Waals surface area contributed by atoms with E-state index >= 15 is 0 Å². The highest BCUT2D eigenvalue weighted by Crippen LogP contribution is 2.19. The molecule has 1 aliphatic rings. The second kappa shape index (κ2) is 4.75. The molecular formula is C11H14FN3O2. The monoisotopic (exact) mass is 239 g/mol. The Hall–Kier alpha value is -1.56. The Kier molecular flexibility index (Phi) is 3.33. The molecule has 5 nitrogen and oxygen atoms in total. The summed E-state index contributed by atoms with van der Waals surface area (Å²) in [6, 6.07) is 1.52. The fourth-order valence-electron chi connectivity index (χ4n) is 1.89. The number of pyridine rings is 1. The summed E-state index contributed by atoms with van der Waals surface area (Å²) in [6.07, 6.45) is 1.37. The van der Waals surface area contributed by atoms with Gasteiger partial charge in [0.2, 0.25) is 0 Å². The number of hydrogen-bond acceptors (Lipinski definition) is 4. The van der Waals surface area contributed by atoms with Crippen LogP contribution in [0, 0.1) is 17.0 Å². The van der Waals surface area contributed by atoms with Crippen molar-refractivity contribution < 1.29 is 9.31 Å². The van der Waals surface area contributed by atoms with Gasteiger partial charge in [-0.05, 0) is 12.5 Å². The van der Waals surface area contributed by atoms with Gasteiger partial charge in [0.25, 0.3) is 5.69 Å². The van der Waals surface area contributed by atoms with Crippen molar-refractivity contribution in [3.05, 3.63) is 33.6 Å². The fraction of sp³-hybridized carbons (Fsp3) is 0.545. The first-order chi connectivity index (χ1) is 8.06. The molecule has 0 aliphatic carbocycles. The maximum atomic E-state index is 12.6. The number of aromatic nitrogens is 1. The van der Waals surface area contributed by atoms with Crippen LogP contribution in [0.25, 0.3) is 0 Å². The quantitative estimate of drug-likeness (QED) is 0.590. The topological polar surface area (TPSA) is 59.3 Å². The van der Waals surface area contributed by atoms with Gasteiger partial charge in [0, 0.05) is 38.3 Å². The third-order valence-corrected chi connectivity index (χ3v) is 2.86. The lowest BCUT2D eigenvalue weighted by atomic mass is 10.1. The van der Waals surface area contributed by atoms with Gasteiger partial charge in [-0.1, -0.05) is 0 Å². The Morgan fingerprint density at radius 2 is 2.35 bits per heavy atom. The minimum Gasteiger partial charge on any atom is -0.297 e. The van der Waals surface area contributed by atoms with Crippen LogP contribution >= 0.6 is 0 Å². The van der Waals surface area contributed by atoms with Gasteiger partial charge < -0.3 is 0 Å². The summed E-state index contributed by atoms with van der Waals surface area (Å²) in [5, 5.41) is 10.8. The first kappa shape index (κ1) is 11.9. The number of nitrogens with zero attached hydrogens (tertiary/aromatic N) is 3. The van der Waals surface area contributed by atoms with Gasteiger partial charge in [0.15, 0.2) is 0 Å². The largest absolute Gasteiger partial charge is 0.297 e. The van der Waals surface area contributed by atoms with Crippen LogP contribution in [0.1, 0.15) is 11.3 Å². The molecule has 1 aromatic heterocycles. The van der Waals surface area contributed by atoms with E-state index in [1.54, 1.807) is 13.1 Å². The highest BCUT2D eigenvalue weighted by atomic mass is 19.1. The summed E-state index contributed by atoms with van der Waals surface area (Å²) in [5.74, 6) is 0. The first-order valence-electron chi connectivity index (χ1n) is 5.52. The van der Waals surface area contributed by atoms with E-state index < -0.39 is 11.1 Å². The Labute approximate surface area is 98.4 Å². The van der Waals surface area contributed by atoms with Crippen molar-refractivity contribution in [3.63, 3.8) is 0 Å². The molecule has 0 aromatic carbocycles. The molecule has 2 heterocycles. The van der Waals surface area contributed by atoms with Gasteiger partial charge in [-0.3, -0.25) is 20.0 Å². The van der Waals surface area contributed by atoms with Gasteiger partial charge in [-0.25, -0.2) is 4.39 Å². The Balaban J connectivity index is 2.02. The second-order valence-corrected chi connectivity index (χ2v) is 4.34. The van der Waals surface area contributed by atoms with Gasteiger partial charge in [-0.2, -0.15) is 0 Å². The molecule has 1 saturated heterocycles. The summed E-state index contributed by atoms with van der Waals surface area (Å²) in [5.41, 5.74) is 1.30. The zero-order chi connectivity index (χ0) is 12.4. The van der Waals surface area contributed by atoms with E-state index in [4.69, 9.17) is 0 Å². The Morgan fingerprint density at radius 3 is 2.94 bits per heavy atom. The molecule has 0 amide bonds. The van der Waals surface area contributed by atoms with Crippen molar-refractivity contribution in [1.29, 1.82) is 0 Å². The van der Waals surface area contributed by atoms with Crippen molar-refractivity contribution in [2.24, 2.45) is 0 Å². The van der Waals surface area contributed by atoms with Gasteiger partial charge in [0.05, 0.1) is 4.92 Å². The van der Waals surface area contributed by atoms with Gasteiger partial charge in [-0.15, -0.1) is 0 Å². The van der Waals surface area contributed by atoms with E-state index in [0.29, 0.717) is 31.7 Å². The number of alkyl halides is 1. The standard InChI is InChI=1S/C11H14FN3O2/c1-8-4-11(15(16)17)10(13-5-8)2-3-14-6-9(12)7-14/h4-5,9H,2-3,6-7H2,1H3. The van der Waals surface area contributed by atoms with Crippen LogP contribution in [-0.4, -0.2) is 40.6 Å². The van der Waals surface area contributed by atoms with Crippen molar-refractivity contribution in [2.75, 3.05) is 19.6 Å². The lowest BCUT2D eigenvalue weighted by Gasteiger charge is -2.33. The zero-order valence-corrected chi connectivity index (χ0v) is 9.60. The molecule has 0 bridgehead atoms. The van der Waals surface area contributed by atoms with E-state index in [9.17, 15) is 14.5 Å². The Bertz CT molecular complexity index is 433. The molecule has 92 valence electrons. The number of hydrogen-bond donors (Lipinski definition) is 0. The summed E-state index contributed by atoms with van der Waals surface area (Å²) in [7, 11) is 0. The molecule has 1 fully saturated rings. The van der Waals surface area contributed by atoms with Gasteiger partial charge >= 0.3 is 0 Å². The number of halogens is 1. The second-order valence-electron chi connectivity index (χ2n) is 4.34. The van der Waals surface area contributed by atoms with Crippen LogP contribution in [-0.2, 0) is 6.42 Å². The predicted octanol–water partition coefficient (Wildman–Crippen LogP) is 1.49. The van der Waals surface area contributed by atoms with Crippen molar-refractivity contribution >= 4 is 5.69 Å². The number of aryl methyl sites for hydroxylation is 1. The maximum absolute atomic E-state index is 12.6. The maximum Gasteiger partial charge on any atom is 0.291 e. The highest BCUT2D eigenvalue weighted by Gasteiger charge is 2.26. The van der Waals surface area contributed by atoms with Crippen molar-refractivity contribution in [2.45, 2.75) is 19.5 Å². The molecule has 0 unspecified atom stereocenters. The summed E-state index contributed by atoms with van der Waals surface area (Å²) in [6.45, 7) is 3.25. The normalized spacial score (nSPS) is 16.8. The highest BCUT2D eigenvalue weighted by molar-refractivity contribution is 5.37. The summed E-state index contributed by atoms with van der Waals surface area (Å²) >= 11 is 0. The van der Waals surface area contributed by atoms with E-state index in [0.717, 1.165) is 5.56 Å². The smallest absolute Gasteiger partial charge is 0.291 e. The number of likely N-dealkylation sites (tertiary alicyclic amines) is 1. The summed E-state index contributed by atoms with van der Waals surface area (Å²) in [4.78, 5) is 16.4. The van der Waals surface area contributed by atoms with E-state index in [1.807, 2.05) is 4.90 Å². The van der Waals surface area contributed by atoms with Crippen LogP contribution < -0.4 is 0 Å². The molecule has 0 spiro atoms. The third-order valence-electron chi connectivity index (χ3n) is 2.86. The average Bonchev–Trinajstić information content (AvgIpc) is 2.24. The zero-order valence-electron chi connectivity index (χ0n) is 9.60. The Morgan fingerprint density at radius 1 is 1.65 bits per heavy atom. The van der Waals surface area contributed by atoms with Crippen LogP contribution in [0.15, 0.2) is 12.3 Å². The molecule has 0 saturated carbocycles. The van der Waals surface area contributed by atoms with E-state index in [2.05, 4.69) is 4.98 Å². The lowest BCUT2D eigenvalue weighted by molar-refractivity contribution is -0.386.